The largest absolute Gasteiger partial charge is 0.465 e. The highest BCUT2D eigenvalue weighted by molar-refractivity contribution is 5.82. The normalized spacial score (nSPS) is 51.1. The van der Waals surface area contributed by atoms with Gasteiger partial charge in [0, 0.05) is 17.3 Å². The first kappa shape index (κ1) is 17.2. The maximum absolute atomic E-state index is 12.9. The Hall–Kier alpha value is -1.20. The maximum Gasteiger partial charge on any atom is 0.315 e. The van der Waals surface area contributed by atoms with Crippen LogP contribution >= 0.6 is 0 Å². The topological polar surface area (TPSA) is 83.8 Å². The highest BCUT2D eigenvalue weighted by Gasteiger charge is 2.73. The summed E-state index contributed by atoms with van der Waals surface area (Å²) in [6, 6.07) is 0. The predicted molar refractivity (Wildman–Crippen MR) is 90.4 cm³/mol. The Morgan fingerprint density at radius 3 is 2.68 bits per heavy atom. The van der Waals surface area contributed by atoms with Gasteiger partial charge in [0.05, 0.1) is 18.8 Å². The molecule has 4 fully saturated rings. The van der Waals surface area contributed by atoms with Gasteiger partial charge < -0.3 is 19.7 Å². The van der Waals surface area contributed by atoms with Gasteiger partial charge in [0.1, 0.15) is 11.7 Å². The van der Waals surface area contributed by atoms with Crippen molar-refractivity contribution < 1.29 is 24.5 Å². The number of hydrogen-bond donors (Lipinski definition) is 2. The molecule has 4 aliphatic rings. The third-order valence-corrected chi connectivity index (χ3v) is 7.95. The van der Waals surface area contributed by atoms with Gasteiger partial charge in [0.2, 0.25) is 0 Å². The van der Waals surface area contributed by atoms with Gasteiger partial charge in [-0.25, -0.2) is 0 Å². The first-order chi connectivity index (χ1) is 11.7. The van der Waals surface area contributed by atoms with Crippen molar-refractivity contribution in [1.82, 2.24) is 0 Å². The minimum Gasteiger partial charge on any atom is -0.465 e. The minimum absolute atomic E-state index is 0.0600. The molecule has 1 saturated heterocycles. The Labute approximate surface area is 148 Å². The molecule has 5 heteroatoms. The van der Waals surface area contributed by atoms with Gasteiger partial charge in [-0.1, -0.05) is 26.8 Å². The first-order valence-electron chi connectivity index (χ1n) is 9.38. The van der Waals surface area contributed by atoms with Crippen LogP contribution in [0.3, 0.4) is 0 Å². The summed E-state index contributed by atoms with van der Waals surface area (Å²) in [5.41, 5.74) is -1.34. The van der Waals surface area contributed by atoms with Crippen LogP contribution < -0.4 is 0 Å². The molecule has 0 amide bonds. The molecular weight excluding hydrogens is 320 g/mol. The summed E-state index contributed by atoms with van der Waals surface area (Å²) in [5.74, 6) is -1.25. The van der Waals surface area contributed by atoms with Crippen LogP contribution in [-0.4, -0.2) is 41.3 Å². The van der Waals surface area contributed by atoms with Crippen LogP contribution in [0, 0.1) is 34.0 Å². The fraction of sp³-hybridized carbons (Fsp3) is 0.800. The lowest BCUT2D eigenvalue weighted by Crippen LogP contribution is -2.67. The third-order valence-electron chi connectivity index (χ3n) is 7.95. The molecule has 1 aliphatic heterocycles. The molecule has 7 atom stereocenters. The van der Waals surface area contributed by atoms with Crippen LogP contribution in [0.4, 0.5) is 0 Å². The number of aliphatic hydroxyl groups excluding tert-OH is 2. The van der Waals surface area contributed by atoms with E-state index in [2.05, 4.69) is 20.4 Å². The van der Waals surface area contributed by atoms with Gasteiger partial charge in [0.15, 0.2) is 0 Å². The summed E-state index contributed by atoms with van der Waals surface area (Å²) >= 11 is 0. The maximum atomic E-state index is 12.9. The van der Waals surface area contributed by atoms with Crippen molar-refractivity contribution in [3.63, 3.8) is 0 Å². The summed E-state index contributed by atoms with van der Waals surface area (Å²) in [6.45, 7) is 8.32. The lowest BCUT2D eigenvalue weighted by atomic mass is 9.44. The Balaban J connectivity index is 1.90. The Morgan fingerprint density at radius 2 is 2.00 bits per heavy atom. The average molecular weight is 348 g/mol. The fourth-order valence-corrected chi connectivity index (χ4v) is 6.94. The summed E-state index contributed by atoms with van der Waals surface area (Å²) in [7, 11) is 0. The van der Waals surface area contributed by atoms with E-state index in [1.54, 1.807) is 0 Å². The lowest BCUT2D eigenvalue weighted by Gasteiger charge is -2.61. The molecule has 0 aromatic carbocycles. The van der Waals surface area contributed by atoms with Crippen molar-refractivity contribution in [3.05, 3.63) is 12.2 Å². The van der Waals surface area contributed by atoms with Gasteiger partial charge >= 0.3 is 5.97 Å². The standard InChI is InChI=1S/C20H28O5/c1-11-12-7-13(22)15-19(6-4-5-18(2,3)14(19)9-21)10-25-17(24)20(15,8-12)16(11)23/h9,12-16,22-23H,1,4-8,10H2,2-3H3/t12?,13-,14-,15+,16-,19+,20?/m1/s1. The lowest BCUT2D eigenvalue weighted by molar-refractivity contribution is -0.238. The van der Waals surface area contributed by atoms with Gasteiger partial charge in [-0.2, -0.15) is 0 Å². The quantitative estimate of drug-likeness (QED) is 0.429. The number of carbonyl (C=O) groups is 2. The highest BCUT2D eigenvalue weighted by atomic mass is 16.5. The zero-order chi connectivity index (χ0) is 18.2. The van der Waals surface area contributed by atoms with Crippen molar-refractivity contribution in [2.24, 2.45) is 34.0 Å². The van der Waals surface area contributed by atoms with Crippen molar-refractivity contribution in [1.29, 1.82) is 0 Å². The van der Waals surface area contributed by atoms with Crippen LogP contribution in [-0.2, 0) is 14.3 Å². The Morgan fingerprint density at radius 1 is 1.28 bits per heavy atom. The number of cyclic esters (lactones) is 1. The molecule has 138 valence electrons. The van der Waals surface area contributed by atoms with Crippen LogP contribution in [0.15, 0.2) is 12.2 Å². The fourth-order valence-electron chi connectivity index (χ4n) is 6.94. The summed E-state index contributed by atoms with van der Waals surface area (Å²) in [6.07, 6.45) is 2.85. The molecule has 5 nitrogen and oxygen atoms in total. The van der Waals surface area contributed by atoms with Gasteiger partial charge in [-0.05, 0) is 42.6 Å². The summed E-state index contributed by atoms with van der Waals surface area (Å²) in [5, 5.41) is 22.0. The molecule has 3 saturated carbocycles. The third kappa shape index (κ3) is 1.91. The molecule has 2 bridgehead atoms. The second kappa shape index (κ2) is 5.17. The number of aliphatic hydroxyl groups is 2. The molecule has 25 heavy (non-hydrogen) atoms. The monoisotopic (exact) mass is 348 g/mol. The second-order valence-corrected chi connectivity index (χ2v) is 9.46. The molecule has 4 rings (SSSR count). The van der Waals surface area contributed by atoms with Gasteiger partial charge in [-0.3, -0.25) is 4.79 Å². The minimum atomic E-state index is -1.15. The van der Waals surface area contributed by atoms with E-state index in [1.165, 1.54) is 0 Å². The van der Waals surface area contributed by atoms with E-state index in [1.807, 2.05) is 0 Å². The smallest absolute Gasteiger partial charge is 0.315 e. The zero-order valence-electron chi connectivity index (χ0n) is 15.0. The van der Waals surface area contributed by atoms with Gasteiger partial charge in [0.25, 0.3) is 0 Å². The predicted octanol–water partition coefficient (Wildman–Crippen LogP) is 1.86. The average Bonchev–Trinajstić information content (AvgIpc) is 2.73. The molecular formula is C20H28O5. The molecule has 2 spiro atoms. The van der Waals surface area contributed by atoms with Crippen molar-refractivity contribution in [3.8, 4) is 0 Å². The number of esters is 1. The molecule has 1 heterocycles. The molecule has 0 aromatic heterocycles. The molecule has 0 radical (unpaired) electrons. The Bertz CT molecular complexity index is 640. The van der Waals surface area contributed by atoms with E-state index in [0.717, 1.165) is 25.5 Å². The SMILES string of the molecule is C=C1C2C[C@@H](O)[C@@H]3C(C2)(C(=O)OC[C@]32CCCC(C)(C)[C@H]2C=O)[C@@H]1O. The van der Waals surface area contributed by atoms with Crippen LogP contribution in [0.1, 0.15) is 46.0 Å². The molecule has 2 N–H and O–H groups in total. The number of fused-ring (bicyclic) bond motifs is 2. The van der Waals surface area contributed by atoms with E-state index >= 15 is 0 Å². The molecule has 2 unspecified atom stereocenters. The van der Waals surface area contributed by atoms with Crippen molar-refractivity contribution in [2.75, 3.05) is 6.61 Å². The van der Waals surface area contributed by atoms with Crippen molar-refractivity contribution in [2.45, 2.75) is 58.2 Å². The number of hydrogen-bond acceptors (Lipinski definition) is 5. The number of rotatable bonds is 1. The first-order valence-corrected chi connectivity index (χ1v) is 9.38. The van der Waals surface area contributed by atoms with Crippen molar-refractivity contribution >= 4 is 12.3 Å². The van der Waals surface area contributed by atoms with Gasteiger partial charge in [-0.15, -0.1) is 0 Å². The number of aldehydes is 1. The molecule has 3 aliphatic carbocycles. The van der Waals surface area contributed by atoms with E-state index in [4.69, 9.17) is 4.74 Å². The van der Waals surface area contributed by atoms with E-state index in [-0.39, 0.29) is 23.9 Å². The molecule has 0 aromatic rings. The van der Waals surface area contributed by atoms with Crippen LogP contribution in [0.25, 0.3) is 0 Å². The van der Waals surface area contributed by atoms with E-state index in [0.29, 0.717) is 18.4 Å². The summed E-state index contributed by atoms with van der Waals surface area (Å²) in [4.78, 5) is 25.0. The van der Waals surface area contributed by atoms with E-state index < -0.39 is 34.9 Å². The van der Waals surface area contributed by atoms with Crippen LogP contribution in [0.5, 0.6) is 0 Å². The van der Waals surface area contributed by atoms with E-state index in [9.17, 15) is 19.8 Å². The Kier molecular flexibility index (Phi) is 3.56. The number of ether oxygens (including phenoxy) is 1. The summed E-state index contributed by atoms with van der Waals surface area (Å²) < 4.78 is 5.64. The zero-order valence-corrected chi connectivity index (χ0v) is 15.0. The second-order valence-electron chi connectivity index (χ2n) is 9.46. The highest BCUT2D eigenvalue weighted by Crippen LogP contribution is 2.68. The van der Waals surface area contributed by atoms with Crippen LogP contribution in [0.2, 0.25) is 0 Å². The number of carbonyl (C=O) groups excluding carboxylic acids is 2.